The van der Waals surface area contributed by atoms with Crippen LogP contribution in [0.1, 0.15) is 63.2 Å². The summed E-state index contributed by atoms with van der Waals surface area (Å²) in [7, 11) is 3.42. The Hall–Kier alpha value is -1.22. The van der Waals surface area contributed by atoms with E-state index < -0.39 is 0 Å². The summed E-state index contributed by atoms with van der Waals surface area (Å²) >= 11 is 6.12. The first-order chi connectivity index (χ1) is 10.6. The van der Waals surface area contributed by atoms with E-state index in [0.29, 0.717) is 17.2 Å². The van der Waals surface area contributed by atoms with Gasteiger partial charge in [-0.15, -0.1) is 0 Å². The van der Waals surface area contributed by atoms with Crippen LogP contribution in [-0.4, -0.2) is 31.5 Å². The molecule has 22 heavy (non-hydrogen) atoms. The second-order valence-corrected chi connectivity index (χ2v) is 5.51. The molecule has 126 valence electrons. The summed E-state index contributed by atoms with van der Waals surface area (Å²) in [6, 6.07) is 5.23. The van der Waals surface area contributed by atoms with Crippen molar-refractivity contribution < 1.29 is 9.53 Å². The van der Waals surface area contributed by atoms with E-state index in [1.165, 1.54) is 30.6 Å². The smallest absolute Gasteiger partial charge is 0.254 e. The number of halogens is 1. The molecule has 1 aromatic carbocycles. The van der Waals surface area contributed by atoms with E-state index >= 15 is 0 Å². The molecule has 0 aliphatic heterocycles. The summed E-state index contributed by atoms with van der Waals surface area (Å²) < 4.78 is 5.65. The lowest BCUT2D eigenvalue weighted by Crippen LogP contribution is -2.21. The Morgan fingerprint density at radius 2 is 1.77 bits per heavy atom. The molecule has 0 heterocycles. The van der Waals surface area contributed by atoms with E-state index in [4.69, 9.17) is 16.3 Å². The molecule has 1 rings (SSSR count). The van der Waals surface area contributed by atoms with Crippen molar-refractivity contribution in [2.45, 2.75) is 52.9 Å². The molecule has 4 heteroatoms. The molecule has 0 saturated carbocycles. The number of hydrogen-bond acceptors (Lipinski definition) is 2. The molecular formula is C18H30ClNO2. The van der Waals surface area contributed by atoms with Crippen molar-refractivity contribution in [1.29, 1.82) is 0 Å². The Labute approximate surface area is 140 Å². The minimum atomic E-state index is -0.0962. The maximum atomic E-state index is 11.8. The van der Waals surface area contributed by atoms with Gasteiger partial charge in [-0.2, -0.15) is 0 Å². The number of benzene rings is 1. The van der Waals surface area contributed by atoms with Crippen LogP contribution >= 0.6 is 11.6 Å². The van der Waals surface area contributed by atoms with Crippen LogP contribution in [0.5, 0.6) is 5.75 Å². The van der Waals surface area contributed by atoms with Gasteiger partial charge < -0.3 is 9.64 Å². The molecule has 1 aromatic rings. The minimum Gasteiger partial charge on any atom is -0.494 e. The molecule has 1 amide bonds. The van der Waals surface area contributed by atoms with Gasteiger partial charge in [0.2, 0.25) is 0 Å². The number of ether oxygens (including phenoxy) is 1. The van der Waals surface area contributed by atoms with Gasteiger partial charge in [0.1, 0.15) is 5.75 Å². The molecule has 0 saturated heterocycles. The average Bonchev–Trinajstić information content (AvgIpc) is 2.52. The standard InChI is InChI=1S/C16H24ClNO2.C2H6/c1-4-5-6-7-8-11-20-13-9-10-14(15(17)12-13)16(19)18(2)3;1-2/h9-10,12H,4-8,11H2,1-3H3;1-2H3. The molecule has 0 aliphatic rings. The SMILES string of the molecule is CC.CCCCCCCOc1ccc(C(=O)N(C)C)c(Cl)c1. The zero-order chi connectivity index (χ0) is 17.0. The van der Waals surface area contributed by atoms with Gasteiger partial charge in [0, 0.05) is 14.1 Å². The first-order valence-electron chi connectivity index (χ1n) is 8.20. The van der Waals surface area contributed by atoms with Gasteiger partial charge in [-0.25, -0.2) is 0 Å². The van der Waals surface area contributed by atoms with E-state index in [1.54, 1.807) is 32.3 Å². The van der Waals surface area contributed by atoms with E-state index in [9.17, 15) is 4.79 Å². The molecule has 0 N–H and O–H groups in total. The zero-order valence-corrected chi connectivity index (χ0v) is 15.4. The molecule has 0 aliphatic carbocycles. The van der Waals surface area contributed by atoms with Crippen LogP contribution in [0, 0.1) is 0 Å². The van der Waals surface area contributed by atoms with Crippen molar-refractivity contribution >= 4 is 17.5 Å². The summed E-state index contributed by atoms with van der Waals surface area (Å²) in [5.41, 5.74) is 0.506. The Morgan fingerprint density at radius 3 is 2.32 bits per heavy atom. The minimum absolute atomic E-state index is 0.0962. The second-order valence-electron chi connectivity index (χ2n) is 5.10. The van der Waals surface area contributed by atoms with Crippen LogP contribution in [0.3, 0.4) is 0 Å². The predicted octanol–water partition coefficient (Wildman–Crippen LogP) is 5.42. The molecule has 0 aromatic heterocycles. The lowest BCUT2D eigenvalue weighted by atomic mass is 10.1. The fourth-order valence-corrected chi connectivity index (χ4v) is 2.15. The number of amides is 1. The summed E-state index contributed by atoms with van der Waals surface area (Å²) in [4.78, 5) is 13.3. The summed E-state index contributed by atoms with van der Waals surface area (Å²) in [6.45, 7) is 6.90. The normalized spacial score (nSPS) is 9.73. The number of carbonyl (C=O) groups is 1. The quantitative estimate of drug-likeness (QED) is 0.597. The number of hydrogen-bond donors (Lipinski definition) is 0. The van der Waals surface area contributed by atoms with Crippen molar-refractivity contribution in [1.82, 2.24) is 4.90 Å². The van der Waals surface area contributed by atoms with Crippen LogP contribution in [-0.2, 0) is 0 Å². The highest BCUT2D eigenvalue weighted by atomic mass is 35.5. The molecular weight excluding hydrogens is 298 g/mol. The van der Waals surface area contributed by atoms with Gasteiger partial charge in [0.05, 0.1) is 17.2 Å². The van der Waals surface area contributed by atoms with Crippen LogP contribution in [0.4, 0.5) is 0 Å². The second kappa shape index (κ2) is 12.3. The monoisotopic (exact) mass is 327 g/mol. The van der Waals surface area contributed by atoms with Crippen LogP contribution in [0.2, 0.25) is 5.02 Å². The van der Waals surface area contributed by atoms with Gasteiger partial charge >= 0.3 is 0 Å². The summed E-state index contributed by atoms with van der Waals surface area (Å²) in [6.07, 6.45) is 6.04. The van der Waals surface area contributed by atoms with Gasteiger partial charge in [-0.1, -0.05) is 58.1 Å². The summed E-state index contributed by atoms with van der Waals surface area (Å²) in [5, 5.41) is 0.437. The molecule has 0 bridgehead atoms. The maximum absolute atomic E-state index is 11.8. The van der Waals surface area contributed by atoms with E-state index in [0.717, 1.165) is 12.2 Å². The largest absolute Gasteiger partial charge is 0.494 e. The van der Waals surface area contributed by atoms with Gasteiger partial charge in [0.25, 0.3) is 5.91 Å². The topological polar surface area (TPSA) is 29.5 Å². The van der Waals surface area contributed by atoms with E-state index in [-0.39, 0.29) is 5.91 Å². The number of carbonyl (C=O) groups excluding carboxylic acids is 1. The highest BCUT2D eigenvalue weighted by molar-refractivity contribution is 6.34. The number of unbranched alkanes of at least 4 members (excludes halogenated alkanes) is 4. The van der Waals surface area contributed by atoms with Crippen molar-refractivity contribution in [2.75, 3.05) is 20.7 Å². The Kier molecular flexibility index (Phi) is 11.7. The lowest BCUT2D eigenvalue weighted by Gasteiger charge is -2.13. The van der Waals surface area contributed by atoms with Crippen molar-refractivity contribution in [3.05, 3.63) is 28.8 Å². The molecule has 0 atom stereocenters. The number of nitrogens with zero attached hydrogens (tertiary/aromatic N) is 1. The summed E-state index contributed by atoms with van der Waals surface area (Å²) in [5.74, 6) is 0.627. The Balaban J connectivity index is 0.00000211. The third-order valence-electron chi connectivity index (χ3n) is 3.09. The Morgan fingerprint density at radius 1 is 1.14 bits per heavy atom. The Bertz CT molecular complexity index is 433. The number of rotatable bonds is 8. The van der Waals surface area contributed by atoms with Crippen molar-refractivity contribution in [3.63, 3.8) is 0 Å². The van der Waals surface area contributed by atoms with Crippen molar-refractivity contribution in [2.24, 2.45) is 0 Å². The van der Waals surface area contributed by atoms with Crippen LogP contribution in [0.25, 0.3) is 0 Å². The van der Waals surface area contributed by atoms with Crippen LogP contribution < -0.4 is 4.74 Å². The molecule has 0 fully saturated rings. The first-order valence-corrected chi connectivity index (χ1v) is 8.58. The first kappa shape index (κ1) is 20.8. The molecule has 0 spiro atoms. The molecule has 0 radical (unpaired) electrons. The van der Waals surface area contributed by atoms with Crippen molar-refractivity contribution in [3.8, 4) is 5.75 Å². The zero-order valence-electron chi connectivity index (χ0n) is 14.6. The third-order valence-corrected chi connectivity index (χ3v) is 3.41. The van der Waals surface area contributed by atoms with Crippen LogP contribution in [0.15, 0.2) is 18.2 Å². The molecule has 3 nitrogen and oxygen atoms in total. The van der Waals surface area contributed by atoms with Gasteiger partial charge in [0.15, 0.2) is 0 Å². The van der Waals surface area contributed by atoms with E-state index in [1.807, 2.05) is 13.8 Å². The predicted molar refractivity (Wildman–Crippen MR) is 95.1 cm³/mol. The highest BCUT2D eigenvalue weighted by Crippen LogP contribution is 2.23. The highest BCUT2D eigenvalue weighted by Gasteiger charge is 2.12. The fourth-order valence-electron chi connectivity index (χ4n) is 1.90. The van der Waals surface area contributed by atoms with E-state index in [2.05, 4.69) is 6.92 Å². The third kappa shape index (κ3) is 7.69. The van der Waals surface area contributed by atoms with Gasteiger partial charge in [-0.05, 0) is 24.6 Å². The maximum Gasteiger partial charge on any atom is 0.254 e. The fraction of sp³-hybridized carbons (Fsp3) is 0.611. The molecule has 0 unspecified atom stereocenters. The van der Waals surface area contributed by atoms with Gasteiger partial charge in [-0.3, -0.25) is 4.79 Å². The average molecular weight is 328 g/mol. The lowest BCUT2D eigenvalue weighted by molar-refractivity contribution is 0.0827.